The first kappa shape index (κ1) is 17.5. The van der Waals surface area contributed by atoms with Crippen molar-refractivity contribution in [3.05, 3.63) is 29.6 Å². The van der Waals surface area contributed by atoms with Crippen molar-refractivity contribution >= 4 is 11.7 Å². The van der Waals surface area contributed by atoms with Crippen LogP contribution in [0.15, 0.2) is 18.2 Å². The average Bonchev–Trinajstić information content (AvgIpc) is 2.55. The number of piperidine rings is 1. The van der Waals surface area contributed by atoms with Gasteiger partial charge >= 0.3 is 6.03 Å². The van der Waals surface area contributed by atoms with Gasteiger partial charge in [0, 0.05) is 32.7 Å². The lowest BCUT2D eigenvalue weighted by molar-refractivity contribution is 0.0842. The summed E-state index contributed by atoms with van der Waals surface area (Å²) in [4.78, 5) is 15.6. The van der Waals surface area contributed by atoms with Gasteiger partial charge in [-0.2, -0.15) is 0 Å². The molecule has 1 aliphatic heterocycles. The van der Waals surface area contributed by atoms with Crippen LogP contribution in [0.25, 0.3) is 0 Å². The van der Waals surface area contributed by atoms with Crippen LogP contribution in [0.1, 0.15) is 32.3 Å². The van der Waals surface area contributed by atoms with E-state index >= 15 is 0 Å². The van der Waals surface area contributed by atoms with Crippen molar-refractivity contribution in [2.24, 2.45) is 0 Å². The Morgan fingerprint density at radius 1 is 1.43 bits per heavy atom. The molecule has 1 aromatic rings. The van der Waals surface area contributed by atoms with Crippen LogP contribution in [0.4, 0.5) is 14.9 Å². The Bertz CT molecular complexity index is 535. The Balaban J connectivity index is 1.93. The summed E-state index contributed by atoms with van der Waals surface area (Å²) in [5.41, 5.74) is 1.31. The zero-order valence-corrected chi connectivity index (χ0v) is 13.9. The minimum atomic E-state index is -0.444. The van der Waals surface area contributed by atoms with Gasteiger partial charge in [-0.1, -0.05) is 6.07 Å². The third-order valence-corrected chi connectivity index (χ3v) is 4.24. The topological polar surface area (TPSA) is 55.8 Å². The van der Waals surface area contributed by atoms with Crippen LogP contribution >= 0.6 is 0 Å². The molecule has 0 aliphatic carbocycles. The van der Waals surface area contributed by atoms with E-state index in [1.54, 1.807) is 11.0 Å². The molecule has 0 radical (unpaired) electrons. The number of urea groups is 1. The van der Waals surface area contributed by atoms with Crippen molar-refractivity contribution in [2.45, 2.75) is 39.3 Å². The number of carbonyl (C=O) groups excluding carboxylic acids is 1. The summed E-state index contributed by atoms with van der Waals surface area (Å²) >= 11 is 0. The highest BCUT2D eigenvalue weighted by Gasteiger charge is 2.21. The summed E-state index contributed by atoms with van der Waals surface area (Å²) in [5, 5.41) is 12.4. The van der Waals surface area contributed by atoms with E-state index in [9.17, 15) is 14.3 Å². The SMILES string of the molecule is CCN(CC)c1ccc(CNC(=O)N2CCCC(O)C2)cc1F. The van der Waals surface area contributed by atoms with E-state index in [4.69, 9.17) is 0 Å². The number of carbonyl (C=O) groups is 1. The fourth-order valence-electron chi connectivity index (χ4n) is 2.91. The van der Waals surface area contributed by atoms with Crippen molar-refractivity contribution in [1.82, 2.24) is 10.2 Å². The minimum absolute atomic E-state index is 0.211. The third kappa shape index (κ3) is 4.58. The van der Waals surface area contributed by atoms with Crippen molar-refractivity contribution in [1.29, 1.82) is 0 Å². The van der Waals surface area contributed by atoms with Gasteiger partial charge in [0.05, 0.1) is 11.8 Å². The molecule has 0 bridgehead atoms. The first-order chi connectivity index (χ1) is 11.0. The summed E-state index contributed by atoms with van der Waals surface area (Å²) < 4.78 is 14.2. The second kappa shape index (κ2) is 8.15. The maximum atomic E-state index is 14.2. The minimum Gasteiger partial charge on any atom is -0.391 e. The van der Waals surface area contributed by atoms with Gasteiger partial charge in [-0.3, -0.25) is 0 Å². The molecule has 23 heavy (non-hydrogen) atoms. The molecule has 0 aromatic heterocycles. The average molecular weight is 323 g/mol. The highest BCUT2D eigenvalue weighted by molar-refractivity contribution is 5.74. The fourth-order valence-corrected chi connectivity index (χ4v) is 2.91. The summed E-state index contributed by atoms with van der Waals surface area (Å²) in [5.74, 6) is -0.270. The molecule has 1 aliphatic rings. The number of likely N-dealkylation sites (tertiary alicyclic amines) is 1. The zero-order valence-electron chi connectivity index (χ0n) is 13.9. The molecule has 0 spiro atoms. The quantitative estimate of drug-likeness (QED) is 0.874. The van der Waals surface area contributed by atoms with E-state index in [0.29, 0.717) is 18.8 Å². The molecule has 6 heteroatoms. The fraction of sp³-hybridized carbons (Fsp3) is 0.588. The number of aliphatic hydroxyl groups excluding tert-OH is 1. The molecular weight excluding hydrogens is 297 g/mol. The lowest BCUT2D eigenvalue weighted by Crippen LogP contribution is -2.46. The largest absolute Gasteiger partial charge is 0.391 e. The molecule has 1 fully saturated rings. The van der Waals surface area contributed by atoms with E-state index < -0.39 is 6.10 Å². The van der Waals surface area contributed by atoms with E-state index in [-0.39, 0.29) is 18.4 Å². The number of benzene rings is 1. The Morgan fingerprint density at radius 3 is 2.78 bits per heavy atom. The van der Waals surface area contributed by atoms with Crippen LogP contribution in [-0.2, 0) is 6.54 Å². The van der Waals surface area contributed by atoms with Crippen molar-refractivity contribution < 1.29 is 14.3 Å². The summed E-state index contributed by atoms with van der Waals surface area (Å²) in [7, 11) is 0. The van der Waals surface area contributed by atoms with Crippen LogP contribution in [-0.4, -0.2) is 48.3 Å². The Kier molecular flexibility index (Phi) is 6.21. The van der Waals surface area contributed by atoms with Crippen LogP contribution < -0.4 is 10.2 Å². The molecule has 2 N–H and O–H groups in total. The maximum Gasteiger partial charge on any atom is 0.317 e. The smallest absolute Gasteiger partial charge is 0.317 e. The van der Waals surface area contributed by atoms with Gasteiger partial charge in [0.1, 0.15) is 5.82 Å². The van der Waals surface area contributed by atoms with E-state index in [1.807, 2.05) is 24.8 Å². The van der Waals surface area contributed by atoms with Gasteiger partial charge in [-0.05, 0) is 44.4 Å². The van der Waals surface area contributed by atoms with Gasteiger partial charge in [0.15, 0.2) is 0 Å². The van der Waals surface area contributed by atoms with Crippen molar-refractivity contribution in [3.63, 3.8) is 0 Å². The highest BCUT2D eigenvalue weighted by Crippen LogP contribution is 2.20. The number of nitrogens with zero attached hydrogens (tertiary/aromatic N) is 2. The normalized spacial score (nSPS) is 17.9. The summed E-state index contributed by atoms with van der Waals surface area (Å²) in [6.07, 6.45) is 1.10. The summed E-state index contributed by atoms with van der Waals surface area (Å²) in [6.45, 7) is 6.77. The monoisotopic (exact) mass is 323 g/mol. The standard InChI is InChI=1S/C17H26FN3O2/c1-3-20(4-2)16-8-7-13(10-15(16)18)11-19-17(23)21-9-5-6-14(22)12-21/h7-8,10,14,22H,3-6,9,11-12H2,1-2H3,(H,19,23). The molecule has 5 nitrogen and oxygen atoms in total. The lowest BCUT2D eigenvalue weighted by Gasteiger charge is -2.30. The molecule has 1 saturated heterocycles. The van der Waals surface area contributed by atoms with E-state index in [2.05, 4.69) is 5.32 Å². The molecular formula is C17H26FN3O2. The Labute approximate surface area is 137 Å². The first-order valence-electron chi connectivity index (χ1n) is 8.29. The first-order valence-corrected chi connectivity index (χ1v) is 8.29. The maximum absolute atomic E-state index is 14.2. The number of amides is 2. The number of anilines is 1. The second-order valence-electron chi connectivity index (χ2n) is 5.86. The number of rotatable bonds is 5. The van der Waals surface area contributed by atoms with Gasteiger partial charge in [0.2, 0.25) is 0 Å². The Morgan fingerprint density at radius 2 is 2.17 bits per heavy atom. The molecule has 2 rings (SSSR count). The van der Waals surface area contributed by atoms with E-state index in [1.165, 1.54) is 6.07 Å². The molecule has 0 saturated carbocycles. The van der Waals surface area contributed by atoms with Crippen LogP contribution in [0.5, 0.6) is 0 Å². The van der Waals surface area contributed by atoms with E-state index in [0.717, 1.165) is 31.5 Å². The highest BCUT2D eigenvalue weighted by atomic mass is 19.1. The van der Waals surface area contributed by atoms with Crippen LogP contribution in [0, 0.1) is 5.82 Å². The van der Waals surface area contributed by atoms with Gasteiger partial charge in [-0.15, -0.1) is 0 Å². The molecule has 1 aromatic carbocycles. The molecule has 1 atom stereocenters. The number of β-amino-alcohol motifs (C(OH)–C–C–N with tert-alkyl or cyclic N) is 1. The molecule has 1 heterocycles. The van der Waals surface area contributed by atoms with Gasteiger partial charge in [0.25, 0.3) is 0 Å². The van der Waals surface area contributed by atoms with Crippen LogP contribution in [0.3, 0.4) is 0 Å². The van der Waals surface area contributed by atoms with Crippen molar-refractivity contribution in [3.8, 4) is 0 Å². The number of hydrogen-bond donors (Lipinski definition) is 2. The second-order valence-corrected chi connectivity index (χ2v) is 5.86. The number of halogens is 1. The predicted octanol–water partition coefficient (Wildman–Crippen LogP) is 2.34. The van der Waals surface area contributed by atoms with Crippen molar-refractivity contribution in [2.75, 3.05) is 31.1 Å². The predicted molar refractivity (Wildman–Crippen MR) is 89.0 cm³/mol. The zero-order chi connectivity index (χ0) is 16.8. The molecule has 2 amide bonds. The Hall–Kier alpha value is -1.82. The summed E-state index contributed by atoms with van der Waals surface area (Å²) in [6, 6.07) is 4.85. The number of aliphatic hydroxyl groups is 1. The number of nitrogens with one attached hydrogen (secondary N) is 1. The lowest BCUT2D eigenvalue weighted by atomic mass is 10.1. The van der Waals surface area contributed by atoms with Gasteiger partial charge in [-0.25, -0.2) is 9.18 Å². The van der Waals surface area contributed by atoms with Crippen LogP contribution in [0.2, 0.25) is 0 Å². The third-order valence-electron chi connectivity index (χ3n) is 4.24. The van der Waals surface area contributed by atoms with Gasteiger partial charge < -0.3 is 20.2 Å². The molecule has 128 valence electrons. The number of hydrogen-bond acceptors (Lipinski definition) is 3. The molecule has 1 unspecified atom stereocenters.